The minimum atomic E-state index is -2.55. The van der Waals surface area contributed by atoms with E-state index >= 15 is 0 Å². The molecule has 1 fully saturated rings. The highest BCUT2D eigenvalue weighted by Crippen LogP contribution is 2.08. The Hall–Kier alpha value is -0.0500. The van der Waals surface area contributed by atoms with Crippen molar-refractivity contribution in [3.8, 4) is 0 Å². The van der Waals surface area contributed by atoms with Crippen molar-refractivity contribution in [2.24, 2.45) is 0 Å². The van der Waals surface area contributed by atoms with Crippen molar-refractivity contribution < 1.29 is 8.42 Å². The minimum Gasteiger partial charge on any atom is -0.229 e. The fourth-order valence-electron chi connectivity index (χ4n) is 0.746. The van der Waals surface area contributed by atoms with Crippen molar-refractivity contribution >= 4 is 9.84 Å². The van der Waals surface area contributed by atoms with E-state index in [9.17, 15) is 8.42 Å². The molecule has 0 unspecified atom stereocenters. The molecule has 1 heterocycles. The van der Waals surface area contributed by atoms with E-state index in [0.29, 0.717) is 11.5 Å². The monoisotopic (exact) mass is 136 g/mol. The molecule has 1 saturated heterocycles. The Kier molecular flexibility index (Phi) is 2.47. The molecular formula is C5H12O2S. The molecule has 0 amide bonds. The van der Waals surface area contributed by atoms with Gasteiger partial charge in [-0.05, 0) is 12.8 Å². The van der Waals surface area contributed by atoms with Gasteiger partial charge in [-0.3, -0.25) is 0 Å². The van der Waals surface area contributed by atoms with Gasteiger partial charge in [0.25, 0.3) is 0 Å². The number of rotatable bonds is 0. The molecule has 0 N–H and O–H groups in total. The summed E-state index contributed by atoms with van der Waals surface area (Å²) < 4.78 is 20.9. The van der Waals surface area contributed by atoms with Crippen LogP contribution in [-0.2, 0) is 9.84 Å². The molecule has 0 saturated carbocycles. The smallest absolute Gasteiger partial charge is 0.150 e. The lowest BCUT2D eigenvalue weighted by molar-refractivity contribution is 0.602. The van der Waals surface area contributed by atoms with Gasteiger partial charge in [0.1, 0.15) is 9.84 Å². The van der Waals surface area contributed by atoms with Gasteiger partial charge in [0.15, 0.2) is 0 Å². The number of hydrogen-bond acceptors (Lipinski definition) is 2. The highest BCUT2D eigenvalue weighted by molar-refractivity contribution is 7.91. The average Bonchev–Trinajstić information content (AvgIpc) is 1.84. The van der Waals surface area contributed by atoms with Crippen LogP contribution in [0, 0.1) is 0 Å². The van der Waals surface area contributed by atoms with Gasteiger partial charge in [-0.1, -0.05) is 7.43 Å². The summed E-state index contributed by atoms with van der Waals surface area (Å²) in [5.74, 6) is 0.847. The van der Waals surface area contributed by atoms with Crippen LogP contribution >= 0.6 is 0 Å². The van der Waals surface area contributed by atoms with E-state index in [1.807, 2.05) is 0 Å². The molecule has 2 nitrogen and oxygen atoms in total. The molecule has 1 aliphatic heterocycles. The Bertz CT molecular complexity index is 134. The lowest BCUT2D eigenvalue weighted by atomic mass is 10.4. The fourth-order valence-corrected chi connectivity index (χ4v) is 2.24. The fraction of sp³-hybridized carbons (Fsp3) is 1.00. The molecule has 0 aromatic carbocycles. The molecular weight excluding hydrogens is 124 g/mol. The van der Waals surface area contributed by atoms with Gasteiger partial charge in [0.2, 0.25) is 0 Å². The Labute approximate surface area is 50.8 Å². The lowest BCUT2D eigenvalue weighted by Crippen LogP contribution is -1.98. The van der Waals surface area contributed by atoms with Gasteiger partial charge in [-0.2, -0.15) is 0 Å². The number of hydrogen-bond donors (Lipinski definition) is 0. The summed E-state index contributed by atoms with van der Waals surface area (Å²) in [6.45, 7) is 0. The molecule has 8 heavy (non-hydrogen) atoms. The molecule has 0 aliphatic carbocycles. The second kappa shape index (κ2) is 2.49. The Balaban J connectivity index is 0.000000490. The van der Waals surface area contributed by atoms with Crippen molar-refractivity contribution in [1.29, 1.82) is 0 Å². The predicted molar refractivity (Wildman–Crippen MR) is 34.6 cm³/mol. The van der Waals surface area contributed by atoms with Crippen LogP contribution in [0.3, 0.4) is 0 Å². The summed E-state index contributed by atoms with van der Waals surface area (Å²) in [6.07, 6.45) is 1.75. The molecule has 3 heteroatoms. The van der Waals surface area contributed by atoms with Gasteiger partial charge < -0.3 is 0 Å². The van der Waals surface area contributed by atoms with Gasteiger partial charge >= 0.3 is 0 Å². The van der Waals surface area contributed by atoms with Crippen molar-refractivity contribution in [3.05, 3.63) is 0 Å². The largest absolute Gasteiger partial charge is 0.229 e. The van der Waals surface area contributed by atoms with E-state index < -0.39 is 9.84 Å². The van der Waals surface area contributed by atoms with E-state index in [1.165, 1.54) is 0 Å². The first kappa shape index (κ1) is 7.95. The third kappa shape index (κ3) is 1.82. The summed E-state index contributed by atoms with van der Waals surface area (Å²) in [5.41, 5.74) is 0. The summed E-state index contributed by atoms with van der Waals surface area (Å²) in [4.78, 5) is 0. The van der Waals surface area contributed by atoms with Crippen LogP contribution in [0.4, 0.5) is 0 Å². The summed E-state index contributed by atoms with van der Waals surface area (Å²) in [5, 5.41) is 0. The molecule has 50 valence electrons. The highest BCUT2D eigenvalue weighted by atomic mass is 32.2. The Morgan fingerprint density at radius 3 is 1.50 bits per heavy atom. The quantitative estimate of drug-likeness (QED) is 0.494. The van der Waals surface area contributed by atoms with Crippen LogP contribution in [-0.4, -0.2) is 19.9 Å². The van der Waals surface area contributed by atoms with Gasteiger partial charge in [-0.25, -0.2) is 8.42 Å². The van der Waals surface area contributed by atoms with Crippen LogP contribution in [0.15, 0.2) is 0 Å². The Morgan fingerprint density at radius 1 is 1.00 bits per heavy atom. The highest BCUT2D eigenvalue weighted by Gasteiger charge is 2.16. The number of sulfone groups is 1. The lowest BCUT2D eigenvalue weighted by Gasteiger charge is -1.81. The van der Waals surface area contributed by atoms with Gasteiger partial charge in [-0.15, -0.1) is 0 Å². The van der Waals surface area contributed by atoms with Gasteiger partial charge in [0, 0.05) is 0 Å². The van der Waals surface area contributed by atoms with Gasteiger partial charge in [0.05, 0.1) is 11.5 Å². The van der Waals surface area contributed by atoms with Crippen LogP contribution in [0.1, 0.15) is 20.3 Å². The molecule has 0 spiro atoms. The van der Waals surface area contributed by atoms with Crippen molar-refractivity contribution in [1.82, 2.24) is 0 Å². The SMILES string of the molecule is C.O=S1(=O)CCCC1. The first-order chi connectivity index (χ1) is 3.21. The molecule has 0 radical (unpaired) electrons. The van der Waals surface area contributed by atoms with Crippen LogP contribution < -0.4 is 0 Å². The zero-order valence-corrected chi connectivity index (χ0v) is 4.87. The second-order valence-electron chi connectivity index (χ2n) is 1.86. The molecule has 0 aromatic heterocycles. The summed E-state index contributed by atoms with van der Waals surface area (Å²) >= 11 is 0. The van der Waals surface area contributed by atoms with Crippen molar-refractivity contribution in [2.45, 2.75) is 20.3 Å². The summed E-state index contributed by atoms with van der Waals surface area (Å²) in [6, 6.07) is 0. The third-order valence-corrected chi connectivity index (χ3v) is 2.98. The van der Waals surface area contributed by atoms with Crippen molar-refractivity contribution in [2.75, 3.05) is 11.5 Å². The normalized spacial score (nSPS) is 24.5. The molecule has 1 aliphatic rings. The van der Waals surface area contributed by atoms with Crippen LogP contribution in [0.2, 0.25) is 0 Å². The van der Waals surface area contributed by atoms with Crippen LogP contribution in [0.25, 0.3) is 0 Å². The standard InChI is InChI=1S/C4H8O2S.CH4/c5-7(6)3-1-2-4-7;/h1-4H2;1H4. The average molecular weight is 136 g/mol. The van der Waals surface area contributed by atoms with Crippen LogP contribution in [0.5, 0.6) is 0 Å². The first-order valence-electron chi connectivity index (χ1n) is 2.41. The zero-order chi connectivity index (χ0) is 5.33. The van der Waals surface area contributed by atoms with E-state index in [-0.39, 0.29) is 7.43 Å². The van der Waals surface area contributed by atoms with Crippen molar-refractivity contribution in [3.63, 3.8) is 0 Å². The predicted octanol–water partition coefficient (Wildman–Crippen LogP) is 0.831. The minimum absolute atomic E-state index is 0. The Morgan fingerprint density at radius 2 is 1.38 bits per heavy atom. The zero-order valence-electron chi connectivity index (χ0n) is 4.05. The molecule has 0 aromatic rings. The first-order valence-corrected chi connectivity index (χ1v) is 4.23. The molecule has 1 rings (SSSR count). The maximum Gasteiger partial charge on any atom is 0.150 e. The summed E-state index contributed by atoms with van der Waals surface area (Å²) in [7, 11) is -2.55. The maximum absolute atomic E-state index is 10.4. The topological polar surface area (TPSA) is 34.1 Å². The maximum atomic E-state index is 10.4. The van der Waals surface area contributed by atoms with E-state index in [4.69, 9.17) is 0 Å². The van der Waals surface area contributed by atoms with E-state index in [2.05, 4.69) is 0 Å². The van der Waals surface area contributed by atoms with E-state index in [1.54, 1.807) is 0 Å². The molecule has 0 atom stereocenters. The van der Waals surface area contributed by atoms with E-state index in [0.717, 1.165) is 12.8 Å². The third-order valence-electron chi connectivity index (χ3n) is 1.16. The molecule has 0 bridgehead atoms. The second-order valence-corrected chi connectivity index (χ2v) is 4.16.